The Balaban J connectivity index is 1.89. The van der Waals surface area contributed by atoms with Crippen LogP contribution in [0.2, 0.25) is 0 Å². The fourth-order valence-electron chi connectivity index (χ4n) is 2.67. The van der Waals surface area contributed by atoms with Gasteiger partial charge in [-0.1, -0.05) is 30.7 Å². The van der Waals surface area contributed by atoms with E-state index in [1.165, 1.54) is 4.31 Å². The Morgan fingerprint density at radius 1 is 1.22 bits per heavy atom. The molecule has 1 aromatic carbocycles. The van der Waals surface area contributed by atoms with E-state index in [4.69, 9.17) is 0 Å². The molecule has 3 rings (SSSR count). The lowest BCUT2D eigenvalue weighted by Crippen LogP contribution is -2.30. The summed E-state index contributed by atoms with van der Waals surface area (Å²) in [5, 5.41) is 0. The number of hydrogen-bond donors (Lipinski definition) is 0. The smallest absolute Gasteiger partial charge is 0.263 e. The molecule has 1 aromatic rings. The molecule has 1 aliphatic heterocycles. The van der Waals surface area contributed by atoms with Gasteiger partial charge in [-0.05, 0) is 36.8 Å². The SMILES string of the molecule is Cc1ccc(S(=O)(=O)N2C=C[C@H]3[C@H](C)[C@H]3C2)cc1. The fourth-order valence-corrected chi connectivity index (χ4v) is 4.02. The number of aryl methyl sites for hydroxylation is 1. The molecule has 0 spiro atoms. The van der Waals surface area contributed by atoms with Crippen LogP contribution in [0, 0.1) is 24.7 Å². The number of hydrogen-bond acceptors (Lipinski definition) is 2. The number of benzene rings is 1. The van der Waals surface area contributed by atoms with E-state index in [1.54, 1.807) is 18.3 Å². The molecule has 0 aromatic heterocycles. The van der Waals surface area contributed by atoms with Gasteiger partial charge in [0.1, 0.15) is 0 Å². The molecule has 2 aliphatic rings. The number of sulfonamides is 1. The quantitative estimate of drug-likeness (QED) is 0.821. The highest BCUT2D eigenvalue weighted by atomic mass is 32.2. The minimum atomic E-state index is -3.36. The first-order chi connectivity index (χ1) is 8.50. The molecule has 0 radical (unpaired) electrons. The molecular formula is C14H17NO2S. The second kappa shape index (κ2) is 3.85. The van der Waals surface area contributed by atoms with Gasteiger partial charge in [-0.15, -0.1) is 0 Å². The van der Waals surface area contributed by atoms with Crippen LogP contribution < -0.4 is 0 Å². The van der Waals surface area contributed by atoms with Crippen LogP contribution in [0.3, 0.4) is 0 Å². The van der Waals surface area contributed by atoms with Crippen molar-refractivity contribution in [1.29, 1.82) is 0 Å². The molecule has 18 heavy (non-hydrogen) atoms. The predicted molar refractivity (Wildman–Crippen MR) is 70.4 cm³/mol. The van der Waals surface area contributed by atoms with E-state index in [9.17, 15) is 8.42 Å². The summed E-state index contributed by atoms with van der Waals surface area (Å²) in [6, 6.07) is 7.04. The van der Waals surface area contributed by atoms with Crippen LogP contribution >= 0.6 is 0 Å². The minimum Gasteiger partial charge on any atom is -0.273 e. The zero-order chi connectivity index (χ0) is 12.9. The van der Waals surface area contributed by atoms with Crippen molar-refractivity contribution in [1.82, 2.24) is 4.31 Å². The lowest BCUT2D eigenvalue weighted by atomic mass is 10.2. The van der Waals surface area contributed by atoms with Crippen molar-refractivity contribution in [3.8, 4) is 0 Å². The molecule has 1 aliphatic carbocycles. The van der Waals surface area contributed by atoms with Gasteiger partial charge in [0, 0.05) is 12.7 Å². The first-order valence-electron chi connectivity index (χ1n) is 6.27. The molecule has 1 fully saturated rings. The molecule has 0 amide bonds. The second-order valence-corrected chi connectivity index (χ2v) is 7.22. The average molecular weight is 263 g/mol. The molecule has 0 saturated heterocycles. The first kappa shape index (κ1) is 11.8. The average Bonchev–Trinajstić information content (AvgIpc) is 3.01. The molecule has 1 heterocycles. The van der Waals surface area contributed by atoms with Crippen molar-refractivity contribution in [2.45, 2.75) is 18.7 Å². The largest absolute Gasteiger partial charge is 0.273 e. The van der Waals surface area contributed by atoms with Crippen molar-refractivity contribution in [2.24, 2.45) is 17.8 Å². The number of rotatable bonds is 2. The second-order valence-electron chi connectivity index (χ2n) is 5.33. The highest BCUT2D eigenvalue weighted by Gasteiger charge is 2.48. The van der Waals surface area contributed by atoms with E-state index in [2.05, 4.69) is 6.92 Å². The summed E-state index contributed by atoms with van der Waals surface area (Å²) in [7, 11) is -3.36. The van der Waals surface area contributed by atoms with Gasteiger partial charge in [0.25, 0.3) is 10.0 Å². The Morgan fingerprint density at radius 2 is 1.89 bits per heavy atom. The van der Waals surface area contributed by atoms with Crippen molar-refractivity contribution in [3.63, 3.8) is 0 Å². The highest BCUT2D eigenvalue weighted by Crippen LogP contribution is 2.50. The van der Waals surface area contributed by atoms with E-state index in [1.807, 2.05) is 25.1 Å². The topological polar surface area (TPSA) is 37.4 Å². The van der Waals surface area contributed by atoms with Crippen LogP contribution in [0.5, 0.6) is 0 Å². The molecule has 0 bridgehead atoms. The number of allylic oxidation sites excluding steroid dienone is 1. The van der Waals surface area contributed by atoms with E-state index in [0.717, 1.165) is 5.56 Å². The van der Waals surface area contributed by atoms with Gasteiger partial charge in [0.05, 0.1) is 4.90 Å². The Labute approximate surface area is 108 Å². The monoisotopic (exact) mass is 263 g/mol. The fraction of sp³-hybridized carbons (Fsp3) is 0.429. The maximum absolute atomic E-state index is 12.4. The summed E-state index contributed by atoms with van der Waals surface area (Å²) in [6.07, 6.45) is 3.77. The third-order valence-corrected chi connectivity index (χ3v) is 5.88. The van der Waals surface area contributed by atoms with Gasteiger partial charge in [-0.3, -0.25) is 4.31 Å². The van der Waals surface area contributed by atoms with Crippen LogP contribution in [0.4, 0.5) is 0 Å². The predicted octanol–water partition coefficient (Wildman–Crippen LogP) is 2.40. The third-order valence-electron chi connectivity index (χ3n) is 4.13. The maximum Gasteiger partial charge on any atom is 0.263 e. The third kappa shape index (κ3) is 1.75. The zero-order valence-electron chi connectivity index (χ0n) is 10.6. The normalized spacial score (nSPS) is 30.1. The van der Waals surface area contributed by atoms with Crippen molar-refractivity contribution in [3.05, 3.63) is 42.1 Å². The van der Waals surface area contributed by atoms with Crippen LogP contribution in [0.25, 0.3) is 0 Å². The van der Waals surface area contributed by atoms with E-state index >= 15 is 0 Å². The minimum absolute atomic E-state index is 0.379. The summed E-state index contributed by atoms with van der Waals surface area (Å²) < 4.78 is 26.4. The van der Waals surface area contributed by atoms with Crippen molar-refractivity contribution < 1.29 is 8.42 Å². The standard InChI is InChI=1S/C14H17NO2S/c1-10-3-5-12(6-4-10)18(16,17)15-8-7-13-11(2)14(13)9-15/h3-8,11,13-14H,9H2,1-2H3/t11-,13-,14+/m0/s1. The Kier molecular flexibility index (Phi) is 2.52. The van der Waals surface area contributed by atoms with Gasteiger partial charge in [-0.2, -0.15) is 0 Å². The van der Waals surface area contributed by atoms with Crippen LogP contribution in [-0.4, -0.2) is 19.3 Å². The van der Waals surface area contributed by atoms with E-state index in [-0.39, 0.29) is 0 Å². The Hall–Kier alpha value is -1.29. The van der Waals surface area contributed by atoms with Crippen LogP contribution in [-0.2, 0) is 10.0 Å². The summed E-state index contributed by atoms with van der Waals surface area (Å²) in [5.74, 6) is 1.73. The lowest BCUT2D eigenvalue weighted by molar-refractivity contribution is 0.458. The zero-order valence-corrected chi connectivity index (χ0v) is 11.4. The van der Waals surface area contributed by atoms with Gasteiger partial charge < -0.3 is 0 Å². The number of nitrogens with zero attached hydrogens (tertiary/aromatic N) is 1. The summed E-state index contributed by atoms with van der Waals surface area (Å²) >= 11 is 0. The van der Waals surface area contributed by atoms with Gasteiger partial charge in [0.15, 0.2) is 0 Å². The van der Waals surface area contributed by atoms with Crippen LogP contribution in [0.15, 0.2) is 41.4 Å². The van der Waals surface area contributed by atoms with Gasteiger partial charge >= 0.3 is 0 Å². The molecule has 96 valence electrons. The molecule has 3 atom stereocenters. The van der Waals surface area contributed by atoms with E-state index in [0.29, 0.717) is 29.2 Å². The Bertz CT molecular complexity index is 589. The molecule has 0 unspecified atom stereocenters. The first-order valence-corrected chi connectivity index (χ1v) is 7.71. The van der Waals surface area contributed by atoms with Gasteiger partial charge in [0.2, 0.25) is 0 Å². The molecule has 0 N–H and O–H groups in total. The van der Waals surface area contributed by atoms with Gasteiger partial charge in [-0.25, -0.2) is 8.42 Å². The Morgan fingerprint density at radius 3 is 2.50 bits per heavy atom. The number of fused-ring (bicyclic) bond motifs is 1. The van der Waals surface area contributed by atoms with Crippen molar-refractivity contribution in [2.75, 3.05) is 6.54 Å². The lowest BCUT2D eigenvalue weighted by Gasteiger charge is -2.22. The summed E-state index contributed by atoms with van der Waals surface area (Å²) in [4.78, 5) is 0.379. The van der Waals surface area contributed by atoms with Crippen LogP contribution in [0.1, 0.15) is 12.5 Å². The molecule has 3 nitrogen and oxygen atoms in total. The van der Waals surface area contributed by atoms with Crippen molar-refractivity contribution >= 4 is 10.0 Å². The molecule has 1 saturated carbocycles. The molecular weight excluding hydrogens is 246 g/mol. The summed E-state index contributed by atoms with van der Waals surface area (Å²) in [6.45, 7) is 4.76. The maximum atomic E-state index is 12.4. The summed E-state index contributed by atoms with van der Waals surface area (Å²) in [5.41, 5.74) is 1.07. The van der Waals surface area contributed by atoms with E-state index < -0.39 is 10.0 Å². The highest BCUT2D eigenvalue weighted by molar-refractivity contribution is 7.89. The molecule has 4 heteroatoms.